The van der Waals surface area contributed by atoms with Crippen LogP contribution >= 0.6 is 0 Å². The first-order valence-corrected chi connectivity index (χ1v) is 8.44. The lowest BCUT2D eigenvalue weighted by Gasteiger charge is -2.22. The summed E-state index contributed by atoms with van der Waals surface area (Å²) < 4.78 is 32.0. The van der Waals surface area contributed by atoms with Crippen molar-refractivity contribution in [2.24, 2.45) is 0 Å². The van der Waals surface area contributed by atoms with Gasteiger partial charge in [0.2, 0.25) is 0 Å². The van der Waals surface area contributed by atoms with E-state index in [1.54, 1.807) is 18.2 Å². The molecule has 3 rings (SSSR count). The second kappa shape index (κ2) is 5.58. The number of anilines is 2. The summed E-state index contributed by atoms with van der Waals surface area (Å²) in [5.41, 5.74) is 1.97. The van der Waals surface area contributed by atoms with Gasteiger partial charge < -0.3 is 10.1 Å². The zero-order valence-corrected chi connectivity index (χ0v) is 13.6. The van der Waals surface area contributed by atoms with E-state index in [2.05, 4.69) is 5.32 Å². The number of amides is 1. The van der Waals surface area contributed by atoms with E-state index < -0.39 is 10.0 Å². The molecule has 0 fully saturated rings. The topological polar surface area (TPSA) is 75.7 Å². The Morgan fingerprint density at radius 3 is 2.52 bits per heavy atom. The van der Waals surface area contributed by atoms with Crippen molar-refractivity contribution in [1.29, 1.82) is 0 Å². The number of fused-ring (bicyclic) bond motifs is 1. The molecule has 0 aliphatic carbocycles. The molecule has 1 N–H and O–H groups in total. The van der Waals surface area contributed by atoms with Crippen LogP contribution < -0.4 is 14.4 Å². The zero-order valence-electron chi connectivity index (χ0n) is 12.7. The summed E-state index contributed by atoms with van der Waals surface area (Å²) in [5.74, 6) is 0.153. The van der Waals surface area contributed by atoms with Crippen molar-refractivity contribution in [2.75, 3.05) is 23.3 Å². The third kappa shape index (κ3) is 2.87. The number of aryl methyl sites for hydroxylation is 1. The van der Waals surface area contributed by atoms with Crippen LogP contribution in [0.2, 0.25) is 0 Å². The predicted octanol–water partition coefficient (Wildman–Crippen LogP) is 2.15. The summed E-state index contributed by atoms with van der Waals surface area (Å²) in [5, 5.41) is 2.61. The van der Waals surface area contributed by atoms with Gasteiger partial charge in [-0.25, -0.2) is 8.42 Å². The van der Waals surface area contributed by atoms with Crippen LogP contribution in [-0.2, 0) is 14.8 Å². The largest absolute Gasteiger partial charge is 0.482 e. The molecule has 0 spiro atoms. The van der Waals surface area contributed by atoms with Crippen LogP contribution in [0.25, 0.3) is 0 Å². The number of hydrogen-bond donors (Lipinski definition) is 1. The van der Waals surface area contributed by atoms with Crippen LogP contribution in [0, 0.1) is 6.92 Å². The van der Waals surface area contributed by atoms with Crippen molar-refractivity contribution in [2.45, 2.75) is 11.8 Å². The third-order valence-corrected chi connectivity index (χ3v) is 5.42. The number of hydrogen-bond acceptors (Lipinski definition) is 4. The van der Waals surface area contributed by atoms with Crippen molar-refractivity contribution in [3.05, 3.63) is 48.0 Å². The van der Waals surface area contributed by atoms with Crippen molar-refractivity contribution in [3.63, 3.8) is 0 Å². The molecular weight excluding hydrogens is 316 g/mol. The van der Waals surface area contributed by atoms with Gasteiger partial charge in [0.25, 0.3) is 15.9 Å². The molecule has 0 bridgehead atoms. The first-order chi connectivity index (χ1) is 10.9. The van der Waals surface area contributed by atoms with E-state index in [0.29, 0.717) is 17.1 Å². The maximum Gasteiger partial charge on any atom is 0.264 e. The standard InChI is InChI=1S/C16H16N2O4S/c1-11-3-5-12(6-4-11)18(2)23(20,21)13-7-8-15-14(9-13)17-16(19)10-22-15/h3-9H,10H2,1-2H3,(H,17,19). The van der Waals surface area contributed by atoms with E-state index in [1.165, 1.54) is 23.5 Å². The van der Waals surface area contributed by atoms with Crippen LogP contribution in [0.15, 0.2) is 47.4 Å². The van der Waals surface area contributed by atoms with E-state index in [9.17, 15) is 13.2 Å². The van der Waals surface area contributed by atoms with Crippen molar-refractivity contribution in [1.82, 2.24) is 0 Å². The zero-order chi connectivity index (χ0) is 16.6. The smallest absolute Gasteiger partial charge is 0.264 e. The highest BCUT2D eigenvalue weighted by molar-refractivity contribution is 7.92. The highest BCUT2D eigenvalue weighted by atomic mass is 32.2. The van der Waals surface area contributed by atoms with E-state index >= 15 is 0 Å². The highest BCUT2D eigenvalue weighted by Gasteiger charge is 2.24. The molecule has 23 heavy (non-hydrogen) atoms. The molecule has 0 aromatic heterocycles. The monoisotopic (exact) mass is 332 g/mol. The Balaban J connectivity index is 1.98. The van der Waals surface area contributed by atoms with Crippen molar-refractivity contribution < 1.29 is 17.9 Å². The molecule has 1 aliphatic rings. The van der Waals surface area contributed by atoms with Gasteiger partial charge in [0.1, 0.15) is 5.75 Å². The van der Waals surface area contributed by atoms with E-state index in [1.807, 2.05) is 19.1 Å². The van der Waals surface area contributed by atoms with Gasteiger partial charge in [-0.3, -0.25) is 9.10 Å². The van der Waals surface area contributed by atoms with Gasteiger partial charge in [0.05, 0.1) is 16.3 Å². The average Bonchev–Trinajstić information content (AvgIpc) is 2.54. The number of nitrogens with zero attached hydrogens (tertiary/aromatic N) is 1. The fourth-order valence-electron chi connectivity index (χ4n) is 2.27. The average molecular weight is 332 g/mol. The van der Waals surface area contributed by atoms with Crippen LogP contribution in [-0.4, -0.2) is 28.0 Å². The SMILES string of the molecule is Cc1ccc(N(C)S(=O)(=O)c2ccc3c(c2)NC(=O)CO3)cc1. The molecule has 2 aromatic rings. The Labute approximate surface area is 134 Å². The fraction of sp³-hybridized carbons (Fsp3) is 0.188. The molecule has 0 atom stereocenters. The van der Waals surface area contributed by atoms with Crippen LogP contribution in [0.3, 0.4) is 0 Å². The highest BCUT2D eigenvalue weighted by Crippen LogP contribution is 2.32. The van der Waals surface area contributed by atoms with E-state index in [0.717, 1.165) is 5.56 Å². The summed E-state index contributed by atoms with van der Waals surface area (Å²) in [7, 11) is -2.23. The molecule has 0 saturated carbocycles. The number of carbonyl (C=O) groups is 1. The molecule has 0 saturated heterocycles. The lowest BCUT2D eigenvalue weighted by atomic mass is 10.2. The molecule has 1 amide bonds. The Kier molecular flexibility index (Phi) is 3.73. The quantitative estimate of drug-likeness (QED) is 0.934. The van der Waals surface area contributed by atoms with Gasteiger partial charge in [-0.05, 0) is 37.3 Å². The van der Waals surface area contributed by atoms with Gasteiger partial charge in [-0.1, -0.05) is 17.7 Å². The number of carbonyl (C=O) groups excluding carboxylic acids is 1. The summed E-state index contributed by atoms with van der Waals surface area (Å²) >= 11 is 0. The van der Waals surface area contributed by atoms with Crippen LogP contribution in [0.1, 0.15) is 5.56 Å². The molecule has 7 heteroatoms. The minimum Gasteiger partial charge on any atom is -0.482 e. The first-order valence-electron chi connectivity index (χ1n) is 7.00. The molecule has 0 radical (unpaired) electrons. The Bertz CT molecular complexity index is 860. The molecule has 0 unspecified atom stereocenters. The molecule has 1 heterocycles. The summed E-state index contributed by atoms with van der Waals surface area (Å²) in [6, 6.07) is 11.6. The Morgan fingerprint density at radius 1 is 1.13 bits per heavy atom. The summed E-state index contributed by atoms with van der Waals surface area (Å²) in [6.45, 7) is 1.87. The molecule has 6 nitrogen and oxygen atoms in total. The number of sulfonamides is 1. The van der Waals surface area contributed by atoms with E-state index in [-0.39, 0.29) is 17.4 Å². The number of nitrogens with one attached hydrogen (secondary N) is 1. The summed E-state index contributed by atoms with van der Waals surface area (Å²) in [4.78, 5) is 11.5. The minimum atomic E-state index is -3.73. The lowest BCUT2D eigenvalue weighted by molar-refractivity contribution is -0.118. The first kappa shape index (κ1) is 15.4. The van der Waals surface area contributed by atoms with E-state index in [4.69, 9.17) is 4.74 Å². The van der Waals surface area contributed by atoms with Gasteiger partial charge in [-0.15, -0.1) is 0 Å². The van der Waals surface area contributed by atoms with Crippen LogP contribution in [0.4, 0.5) is 11.4 Å². The van der Waals surface area contributed by atoms with Gasteiger partial charge in [0.15, 0.2) is 6.61 Å². The molecule has 120 valence electrons. The van der Waals surface area contributed by atoms with Gasteiger partial charge in [-0.2, -0.15) is 0 Å². The van der Waals surface area contributed by atoms with Crippen molar-refractivity contribution >= 4 is 27.3 Å². The second-order valence-corrected chi connectivity index (χ2v) is 7.27. The molecule has 2 aromatic carbocycles. The third-order valence-electron chi connectivity index (χ3n) is 3.64. The number of rotatable bonds is 3. The maximum atomic E-state index is 12.8. The number of benzene rings is 2. The van der Waals surface area contributed by atoms with Crippen LogP contribution in [0.5, 0.6) is 5.75 Å². The lowest BCUT2D eigenvalue weighted by Crippen LogP contribution is -2.28. The minimum absolute atomic E-state index is 0.0671. The number of ether oxygens (including phenoxy) is 1. The predicted molar refractivity (Wildman–Crippen MR) is 87.3 cm³/mol. The molecule has 1 aliphatic heterocycles. The molecular formula is C16H16N2O4S. The Hall–Kier alpha value is -2.54. The normalized spacial score (nSPS) is 13.7. The maximum absolute atomic E-state index is 12.8. The summed E-state index contributed by atoms with van der Waals surface area (Å²) in [6.07, 6.45) is 0. The second-order valence-electron chi connectivity index (χ2n) is 5.30. The fourth-order valence-corrected chi connectivity index (χ4v) is 3.50. The van der Waals surface area contributed by atoms with Gasteiger partial charge in [0, 0.05) is 7.05 Å². The van der Waals surface area contributed by atoms with Crippen molar-refractivity contribution in [3.8, 4) is 5.75 Å². The Morgan fingerprint density at radius 2 is 1.83 bits per heavy atom. The van der Waals surface area contributed by atoms with Gasteiger partial charge >= 0.3 is 0 Å².